The third-order valence-corrected chi connectivity index (χ3v) is 2.28. The Morgan fingerprint density at radius 1 is 1.22 bits per heavy atom. The Labute approximate surface area is 104 Å². The second kappa shape index (κ2) is 5.06. The predicted octanol–water partition coefficient (Wildman–Crippen LogP) is 2.34. The van der Waals surface area contributed by atoms with Gasteiger partial charge in [-0.05, 0) is 24.3 Å². The monoisotopic (exact) mass is 241 g/mol. The molecular formula is C13H11N3O2. The van der Waals surface area contributed by atoms with E-state index in [1.807, 2.05) is 6.07 Å². The highest BCUT2D eigenvalue weighted by Gasteiger charge is 2.09. The van der Waals surface area contributed by atoms with Crippen molar-refractivity contribution >= 4 is 5.69 Å². The van der Waals surface area contributed by atoms with E-state index in [0.717, 1.165) is 0 Å². The van der Waals surface area contributed by atoms with E-state index in [1.54, 1.807) is 30.3 Å². The molecule has 2 aromatic rings. The standard InChI is InChI=1S/C13H11N3O2/c1-17-12-5-4-9(15)7-13(12)18-11-3-2-6-16-10(11)8-14/h2-7H,15H2,1H3. The van der Waals surface area contributed by atoms with E-state index in [1.165, 1.54) is 13.3 Å². The fourth-order valence-electron chi connectivity index (χ4n) is 1.45. The summed E-state index contributed by atoms with van der Waals surface area (Å²) in [6.07, 6.45) is 1.53. The SMILES string of the molecule is COc1ccc(N)cc1Oc1cccnc1C#N. The lowest BCUT2D eigenvalue weighted by Gasteiger charge is -2.11. The highest BCUT2D eigenvalue weighted by atomic mass is 16.5. The number of anilines is 1. The molecule has 90 valence electrons. The van der Waals surface area contributed by atoms with E-state index in [0.29, 0.717) is 22.9 Å². The van der Waals surface area contributed by atoms with Crippen molar-refractivity contribution in [2.45, 2.75) is 0 Å². The van der Waals surface area contributed by atoms with Crippen LogP contribution in [0.1, 0.15) is 5.69 Å². The zero-order chi connectivity index (χ0) is 13.0. The molecule has 0 aliphatic heterocycles. The first kappa shape index (κ1) is 11.7. The van der Waals surface area contributed by atoms with Gasteiger partial charge in [0.15, 0.2) is 22.9 Å². The molecular weight excluding hydrogens is 230 g/mol. The predicted molar refractivity (Wildman–Crippen MR) is 66.4 cm³/mol. The fraction of sp³-hybridized carbons (Fsp3) is 0.0769. The second-order valence-corrected chi connectivity index (χ2v) is 3.47. The number of ether oxygens (including phenoxy) is 2. The molecule has 0 saturated carbocycles. The summed E-state index contributed by atoms with van der Waals surface area (Å²) in [6.45, 7) is 0. The number of rotatable bonds is 3. The van der Waals surface area contributed by atoms with Gasteiger partial charge >= 0.3 is 0 Å². The molecule has 2 N–H and O–H groups in total. The molecule has 2 rings (SSSR count). The van der Waals surface area contributed by atoms with E-state index >= 15 is 0 Å². The van der Waals surface area contributed by atoms with E-state index in [-0.39, 0.29) is 5.69 Å². The second-order valence-electron chi connectivity index (χ2n) is 3.47. The van der Waals surface area contributed by atoms with Crippen molar-refractivity contribution in [1.29, 1.82) is 5.26 Å². The van der Waals surface area contributed by atoms with Crippen LogP contribution in [0.15, 0.2) is 36.5 Å². The average Bonchev–Trinajstić information content (AvgIpc) is 2.40. The first-order valence-corrected chi connectivity index (χ1v) is 5.21. The number of nitrogen functional groups attached to an aromatic ring is 1. The number of aromatic nitrogens is 1. The Morgan fingerprint density at radius 3 is 2.78 bits per heavy atom. The van der Waals surface area contributed by atoms with Crippen LogP contribution in [0.5, 0.6) is 17.2 Å². The molecule has 1 aromatic carbocycles. The maximum absolute atomic E-state index is 8.93. The van der Waals surface area contributed by atoms with Gasteiger partial charge in [0.05, 0.1) is 7.11 Å². The summed E-state index contributed by atoms with van der Waals surface area (Å²) in [5, 5.41) is 8.93. The molecule has 0 saturated heterocycles. The maximum Gasteiger partial charge on any atom is 0.183 e. The zero-order valence-corrected chi connectivity index (χ0v) is 9.75. The molecule has 5 heteroatoms. The van der Waals surface area contributed by atoms with Crippen LogP contribution in [0.4, 0.5) is 5.69 Å². The smallest absolute Gasteiger partial charge is 0.183 e. The Morgan fingerprint density at radius 2 is 2.06 bits per heavy atom. The number of nitrogens with zero attached hydrogens (tertiary/aromatic N) is 2. The lowest BCUT2D eigenvalue weighted by molar-refractivity contribution is 0.378. The van der Waals surface area contributed by atoms with Gasteiger partial charge in [0, 0.05) is 18.0 Å². The Balaban J connectivity index is 2.40. The van der Waals surface area contributed by atoms with Crippen LogP contribution in [0, 0.1) is 11.3 Å². The third-order valence-electron chi connectivity index (χ3n) is 2.28. The van der Waals surface area contributed by atoms with Crippen LogP contribution in [0.25, 0.3) is 0 Å². The van der Waals surface area contributed by atoms with Gasteiger partial charge in [0.25, 0.3) is 0 Å². The normalized spacial score (nSPS) is 9.56. The van der Waals surface area contributed by atoms with Crippen molar-refractivity contribution in [1.82, 2.24) is 4.98 Å². The average molecular weight is 241 g/mol. The molecule has 0 radical (unpaired) electrons. The van der Waals surface area contributed by atoms with E-state index in [9.17, 15) is 0 Å². The maximum atomic E-state index is 8.93. The first-order valence-electron chi connectivity index (χ1n) is 5.21. The van der Waals surface area contributed by atoms with Gasteiger partial charge in [0.2, 0.25) is 0 Å². The van der Waals surface area contributed by atoms with Crippen LogP contribution >= 0.6 is 0 Å². The zero-order valence-electron chi connectivity index (χ0n) is 9.75. The number of pyridine rings is 1. The molecule has 5 nitrogen and oxygen atoms in total. The van der Waals surface area contributed by atoms with E-state index < -0.39 is 0 Å². The lowest BCUT2D eigenvalue weighted by Crippen LogP contribution is -1.95. The molecule has 0 unspecified atom stereocenters. The van der Waals surface area contributed by atoms with E-state index in [2.05, 4.69) is 4.98 Å². The minimum absolute atomic E-state index is 0.210. The lowest BCUT2D eigenvalue weighted by atomic mass is 10.2. The molecule has 0 atom stereocenters. The Kier molecular flexibility index (Phi) is 3.30. The van der Waals surface area contributed by atoms with Gasteiger partial charge in [-0.3, -0.25) is 0 Å². The summed E-state index contributed by atoms with van der Waals surface area (Å²) in [6, 6.07) is 10.4. The van der Waals surface area contributed by atoms with Gasteiger partial charge < -0.3 is 15.2 Å². The van der Waals surface area contributed by atoms with Crippen molar-refractivity contribution < 1.29 is 9.47 Å². The van der Waals surface area contributed by atoms with Crippen molar-refractivity contribution in [3.8, 4) is 23.3 Å². The number of benzene rings is 1. The molecule has 0 aliphatic carbocycles. The quantitative estimate of drug-likeness (QED) is 0.834. The van der Waals surface area contributed by atoms with Crippen molar-refractivity contribution in [3.63, 3.8) is 0 Å². The largest absolute Gasteiger partial charge is 0.493 e. The molecule has 0 fully saturated rings. The van der Waals surface area contributed by atoms with Gasteiger partial charge in [-0.2, -0.15) is 5.26 Å². The Bertz CT molecular complexity index is 605. The van der Waals surface area contributed by atoms with Crippen molar-refractivity contribution in [2.75, 3.05) is 12.8 Å². The van der Waals surface area contributed by atoms with Gasteiger partial charge in [-0.25, -0.2) is 4.98 Å². The number of methoxy groups -OCH3 is 1. The minimum Gasteiger partial charge on any atom is -0.493 e. The molecule has 0 aliphatic rings. The number of nitrogens with two attached hydrogens (primary N) is 1. The summed E-state index contributed by atoms with van der Waals surface area (Å²) in [4.78, 5) is 3.91. The summed E-state index contributed by atoms with van der Waals surface area (Å²) in [7, 11) is 1.53. The summed E-state index contributed by atoms with van der Waals surface area (Å²) in [5.41, 5.74) is 6.45. The highest BCUT2D eigenvalue weighted by molar-refractivity contribution is 5.54. The van der Waals surface area contributed by atoms with Crippen molar-refractivity contribution in [2.24, 2.45) is 0 Å². The van der Waals surface area contributed by atoms with Crippen LogP contribution in [0.2, 0.25) is 0 Å². The number of hydrogen-bond acceptors (Lipinski definition) is 5. The fourth-order valence-corrected chi connectivity index (χ4v) is 1.45. The van der Waals surface area contributed by atoms with Crippen LogP contribution in [-0.4, -0.2) is 12.1 Å². The molecule has 1 heterocycles. The highest BCUT2D eigenvalue weighted by Crippen LogP contribution is 2.33. The van der Waals surface area contributed by atoms with Crippen LogP contribution < -0.4 is 15.2 Å². The van der Waals surface area contributed by atoms with Gasteiger partial charge in [-0.1, -0.05) is 0 Å². The summed E-state index contributed by atoms with van der Waals surface area (Å²) in [5.74, 6) is 1.35. The third kappa shape index (κ3) is 2.33. The number of nitriles is 1. The Hall–Kier alpha value is -2.74. The van der Waals surface area contributed by atoms with Gasteiger partial charge in [-0.15, -0.1) is 0 Å². The van der Waals surface area contributed by atoms with E-state index in [4.69, 9.17) is 20.5 Å². The molecule has 0 bridgehead atoms. The minimum atomic E-state index is 0.210. The first-order chi connectivity index (χ1) is 8.74. The number of hydrogen-bond donors (Lipinski definition) is 1. The molecule has 18 heavy (non-hydrogen) atoms. The molecule has 0 amide bonds. The molecule has 1 aromatic heterocycles. The van der Waals surface area contributed by atoms with Crippen molar-refractivity contribution in [3.05, 3.63) is 42.2 Å². The van der Waals surface area contributed by atoms with Crippen LogP contribution in [-0.2, 0) is 0 Å². The van der Waals surface area contributed by atoms with Crippen LogP contribution in [0.3, 0.4) is 0 Å². The molecule has 0 spiro atoms. The van der Waals surface area contributed by atoms with Gasteiger partial charge in [0.1, 0.15) is 6.07 Å². The summed E-state index contributed by atoms with van der Waals surface area (Å²) >= 11 is 0. The summed E-state index contributed by atoms with van der Waals surface area (Å²) < 4.78 is 10.8. The topological polar surface area (TPSA) is 81.2 Å².